The Kier molecular flexibility index (Phi) is 9.89. The van der Waals surface area contributed by atoms with Crippen molar-refractivity contribution >= 4 is 32.6 Å². The van der Waals surface area contributed by atoms with Gasteiger partial charge >= 0.3 is 5.97 Å². The molecule has 0 fully saturated rings. The number of aryl methyl sites for hydroxylation is 3. The van der Waals surface area contributed by atoms with E-state index in [2.05, 4.69) is 66.1 Å². The van der Waals surface area contributed by atoms with E-state index in [0.717, 1.165) is 54.2 Å². The molecule has 0 saturated heterocycles. The van der Waals surface area contributed by atoms with Gasteiger partial charge in [0.05, 0.1) is 19.3 Å². The molecule has 8 heteroatoms. The maximum absolute atomic E-state index is 12.2. The number of carbonyl (C=O) groups excluding carboxylic acids is 1. The monoisotopic (exact) mass is 575 g/mol. The van der Waals surface area contributed by atoms with Gasteiger partial charge in [0, 0.05) is 28.3 Å². The Morgan fingerprint density at radius 2 is 1.63 bits per heavy atom. The summed E-state index contributed by atoms with van der Waals surface area (Å²) in [5.74, 6) is -0.213. The largest absolute Gasteiger partial charge is 0.466 e. The summed E-state index contributed by atoms with van der Waals surface area (Å²) in [7, 11) is -3.28. The molecule has 218 valence electrons. The molecular weight excluding hydrogens is 534 g/mol. The lowest BCUT2D eigenvalue weighted by atomic mass is 9.98. The average Bonchev–Trinajstić information content (AvgIpc) is 3.25. The standard InChI is InChI=1S/C33H41N3O4S/c1-6-40-32(37)21-26-11-14-31-30(20-26)29(33(35-31)27-18-22(2)17-23(3)19-27)15-16-34-24(4)7-8-25-9-12-28(13-10-25)36-41(5,38)39/h9-14,17-20,24,34-36H,6-8,15-16,21H2,1-5H3. The molecule has 3 N–H and O–H groups in total. The van der Waals surface area contributed by atoms with Crippen molar-refractivity contribution in [3.63, 3.8) is 0 Å². The SMILES string of the molecule is CCOC(=O)Cc1ccc2[nH]c(-c3cc(C)cc(C)c3)c(CCNC(C)CCc3ccc(NS(C)(=O)=O)cc3)c2c1. The first-order valence-electron chi connectivity index (χ1n) is 14.2. The second kappa shape index (κ2) is 13.4. The molecule has 3 aromatic carbocycles. The minimum Gasteiger partial charge on any atom is -0.466 e. The molecule has 1 unspecified atom stereocenters. The van der Waals surface area contributed by atoms with Gasteiger partial charge in [-0.3, -0.25) is 9.52 Å². The molecule has 7 nitrogen and oxygen atoms in total. The molecule has 4 aromatic rings. The summed E-state index contributed by atoms with van der Waals surface area (Å²) in [6, 6.07) is 20.6. The number of rotatable bonds is 13. The third-order valence-corrected chi connectivity index (χ3v) is 7.73. The molecule has 0 amide bonds. The fourth-order valence-corrected chi connectivity index (χ4v) is 5.86. The molecule has 41 heavy (non-hydrogen) atoms. The van der Waals surface area contributed by atoms with E-state index in [1.807, 2.05) is 25.1 Å². The van der Waals surface area contributed by atoms with Crippen LogP contribution in [0.15, 0.2) is 60.7 Å². The van der Waals surface area contributed by atoms with Gasteiger partial charge in [-0.2, -0.15) is 0 Å². The van der Waals surface area contributed by atoms with Gasteiger partial charge in [0.1, 0.15) is 0 Å². The number of hydrogen-bond acceptors (Lipinski definition) is 5. The summed E-state index contributed by atoms with van der Waals surface area (Å²) in [5.41, 5.74) is 9.72. The molecule has 0 radical (unpaired) electrons. The molecule has 1 aromatic heterocycles. The number of aromatic nitrogens is 1. The summed E-state index contributed by atoms with van der Waals surface area (Å²) in [4.78, 5) is 15.8. The smallest absolute Gasteiger partial charge is 0.310 e. The highest BCUT2D eigenvalue weighted by atomic mass is 32.2. The summed E-state index contributed by atoms with van der Waals surface area (Å²) in [5, 5.41) is 4.82. The number of anilines is 1. The van der Waals surface area contributed by atoms with Gasteiger partial charge in [-0.05, 0) is 112 Å². The predicted molar refractivity (Wildman–Crippen MR) is 168 cm³/mol. The van der Waals surface area contributed by atoms with Crippen LogP contribution in [0.2, 0.25) is 0 Å². The number of ether oxygens (including phenoxy) is 1. The van der Waals surface area contributed by atoms with Gasteiger partial charge < -0.3 is 15.0 Å². The van der Waals surface area contributed by atoms with E-state index in [-0.39, 0.29) is 12.4 Å². The molecule has 4 rings (SSSR count). The fourth-order valence-electron chi connectivity index (χ4n) is 5.29. The molecule has 0 aliphatic heterocycles. The van der Waals surface area contributed by atoms with Crippen LogP contribution < -0.4 is 10.0 Å². The summed E-state index contributed by atoms with van der Waals surface area (Å²) in [6.07, 6.45) is 4.10. The topological polar surface area (TPSA) is 100 Å². The highest BCUT2D eigenvalue weighted by Crippen LogP contribution is 2.32. The lowest BCUT2D eigenvalue weighted by molar-refractivity contribution is -0.142. The Labute approximate surface area is 243 Å². The van der Waals surface area contributed by atoms with Crippen LogP contribution in [-0.2, 0) is 38.8 Å². The lowest BCUT2D eigenvalue weighted by Crippen LogP contribution is -2.28. The number of hydrogen-bond donors (Lipinski definition) is 3. The van der Waals surface area contributed by atoms with Crippen molar-refractivity contribution in [2.24, 2.45) is 0 Å². The molecule has 1 atom stereocenters. The number of H-pyrrole nitrogens is 1. The highest BCUT2D eigenvalue weighted by molar-refractivity contribution is 7.92. The van der Waals surface area contributed by atoms with Crippen LogP contribution in [0.25, 0.3) is 22.2 Å². The zero-order chi connectivity index (χ0) is 29.6. The number of esters is 1. The van der Waals surface area contributed by atoms with Crippen LogP contribution in [0.5, 0.6) is 0 Å². The van der Waals surface area contributed by atoms with E-state index >= 15 is 0 Å². The lowest BCUT2D eigenvalue weighted by Gasteiger charge is -2.15. The van der Waals surface area contributed by atoms with Gasteiger partial charge in [-0.1, -0.05) is 35.4 Å². The van der Waals surface area contributed by atoms with Gasteiger partial charge in [0.2, 0.25) is 10.0 Å². The zero-order valence-electron chi connectivity index (χ0n) is 24.6. The molecule has 0 aliphatic rings. The van der Waals surface area contributed by atoms with E-state index in [4.69, 9.17) is 4.74 Å². The molecule has 0 bridgehead atoms. The van der Waals surface area contributed by atoms with E-state index in [9.17, 15) is 13.2 Å². The van der Waals surface area contributed by atoms with Gasteiger partial charge in [0.25, 0.3) is 0 Å². The van der Waals surface area contributed by atoms with E-state index in [1.54, 1.807) is 12.1 Å². The molecule has 0 saturated carbocycles. The highest BCUT2D eigenvalue weighted by Gasteiger charge is 2.16. The van der Waals surface area contributed by atoms with Gasteiger partial charge in [-0.15, -0.1) is 0 Å². The fraction of sp³-hybridized carbons (Fsp3) is 0.364. The molecular formula is C33H41N3O4S. The van der Waals surface area contributed by atoms with Crippen molar-refractivity contribution in [2.45, 2.75) is 59.4 Å². The van der Waals surface area contributed by atoms with Crippen molar-refractivity contribution in [2.75, 3.05) is 24.1 Å². The molecule has 1 heterocycles. The Bertz CT molecular complexity index is 1590. The minimum atomic E-state index is -3.28. The number of sulfonamides is 1. The second-order valence-electron chi connectivity index (χ2n) is 10.9. The van der Waals surface area contributed by atoms with Crippen LogP contribution in [0.4, 0.5) is 5.69 Å². The van der Waals surface area contributed by atoms with Crippen molar-refractivity contribution in [3.05, 3.63) is 88.5 Å². The number of benzene rings is 3. The number of nitrogens with one attached hydrogen (secondary N) is 3. The van der Waals surface area contributed by atoms with Crippen LogP contribution in [0.3, 0.4) is 0 Å². The van der Waals surface area contributed by atoms with Crippen molar-refractivity contribution < 1.29 is 17.9 Å². The first kappa shape index (κ1) is 30.3. The van der Waals surface area contributed by atoms with Crippen LogP contribution in [0, 0.1) is 13.8 Å². The van der Waals surface area contributed by atoms with Crippen molar-refractivity contribution in [1.29, 1.82) is 0 Å². The van der Waals surface area contributed by atoms with Crippen LogP contribution >= 0.6 is 0 Å². The first-order valence-corrected chi connectivity index (χ1v) is 16.1. The Morgan fingerprint density at radius 3 is 2.29 bits per heavy atom. The van der Waals surface area contributed by atoms with Crippen molar-refractivity contribution in [1.82, 2.24) is 10.3 Å². The normalized spacial score (nSPS) is 12.4. The second-order valence-corrected chi connectivity index (χ2v) is 12.7. The van der Waals surface area contributed by atoms with E-state index in [0.29, 0.717) is 18.3 Å². The van der Waals surface area contributed by atoms with Crippen LogP contribution in [-0.4, -0.2) is 44.8 Å². The minimum absolute atomic E-state index is 0.213. The van der Waals surface area contributed by atoms with Crippen LogP contribution in [0.1, 0.15) is 48.1 Å². The van der Waals surface area contributed by atoms with E-state index in [1.165, 1.54) is 27.8 Å². The molecule has 0 spiro atoms. The zero-order valence-corrected chi connectivity index (χ0v) is 25.5. The van der Waals surface area contributed by atoms with Gasteiger partial charge in [-0.25, -0.2) is 8.42 Å². The third-order valence-electron chi connectivity index (χ3n) is 7.13. The summed E-state index contributed by atoms with van der Waals surface area (Å²) < 4.78 is 30.5. The maximum atomic E-state index is 12.2. The molecule has 0 aliphatic carbocycles. The quantitative estimate of drug-likeness (QED) is 0.168. The Balaban J connectivity index is 1.47. The maximum Gasteiger partial charge on any atom is 0.310 e. The number of fused-ring (bicyclic) bond motifs is 1. The summed E-state index contributed by atoms with van der Waals surface area (Å²) >= 11 is 0. The predicted octanol–water partition coefficient (Wildman–Crippen LogP) is 6.08. The third kappa shape index (κ3) is 8.68. The number of aromatic amines is 1. The Hall–Kier alpha value is -3.62. The average molecular weight is 576 g/mol. The van der Waals surface area contributed by atoms with Gasteiger partial charge in [0.15, 0.2) is 0 Å². The first-order chi connectivity index (χ1) is 19.5. The Morgan fingerprint density at radius 1 is 0.951 bits per heavy atom. The number of carbonyl (C=O) groups is 1. The summed E-state index contributed by atoms with van der Waals surface area (Å²) in [6.45, 7) is 9.44. The van der Waals surface area contributed by atoms with Crippen molar-refractivity contribution in [3.8, 4) is 11.3 Å². The van der Waals surface area contributed by atoms with E-state index < -0.39 is 10.0 Å².